The predicted molar refractivity (Wildman–Crippen MR) is 62.7 cm³/mol. The molecule has 0 unspecified atom stereocenters. The van der Waals surface area contributed by atoms with Gasteiger partial charge in [-0.05, 0) is 39.9 Å². The van der Waals surface area contributed by atoms with E-state index in [1.54, 1.807) is 6.20 Å². The van der Waals surface area contributed by atoms with Crippen LogP contribution in [-0.2, 0) is 0 Å². The van der Waals surface area contributed by atoms with E-state index in [1.807, 2.05) is 0 Å². The van der Waals surface area contributed by atoms with E-state index in [-0.39, 0.29) is 5.28 Å². The summed E-state index contributed by atoms with van der Waals surface area (Å²) in [5.41, 5.74) is 0. The van der Waals surface area contributed by atoms with E-state index >= 15 is 0 Å². The highest BCUT2D eigenvalue weighted by Crippen LogP contribution is 2.20. The van der Waals surface area contributed by atoms with Crippen LogP contribution >= 0.6 is 27.5 Å². The van der Waals surface area contributed by atoms with Gasteiger partial charge < -0.3 is 5.32 Å². The second-order valence-electron chi connectivity index (χ2n) is 3.44. The van der Waals surface area contributed by atoms with Crippen molar-refractivity contribution in [2.24, 2.45) is 5.92 Å². The first-order valence-electron chi connectivity index (χ1n) is 4.51. The first-order chi connectivity index (χ1) is 6.59. The van der Waals surface area contributed by atoms with Crippen LogP contribution in [0.25, 0.3) is 0 Å². The minimum absolute atomic E-state index is 0.264. The first kappa shape index (κ1) is 11.7. The van der Waals surface area contributed by atoms with Gasteiger partial charge in [0.1, 0.15) is 5.82 Å². The molecule has 0 saturated heterocycles. The van der Waals surface area contributed by atoms with Gasteiger partial charge in [-0.25, -0.2) is 4.98 Å². The van der Waals surface area contributed by atoms with Gasteiger partial charge in [0.2, 0.25) is 5.28 Å². The van der Waals surface area contributed by atoms with Crippen LogP contribution in [0.15, 0.2) is 10.7 Å². The lowest BCUT2D eigenvalue weighted by atomic mass is 10.1. The molecule has 0 radical (unpaired) electrons. The maximum atomic E-state index is 5.68. The average molecular weight is 279 g/mol. The molecular formula is C9H13BrClN3. The van der Waals surface area contributed by atoms with Crippen LogP contribution in [0.4, 0.5) is 5.82 Å². The molecule has 1 aromatic heterocycles. The molecule has 0 aliphatic rings. The van der Waals surface area contributed by atoms with Crippen LogP contribution < -0.4 is 5.32 Å². The molecule has 78 valence electrons. The van der Waals surface area contributed by atoms with E-state index in [2.05, 4.69) is 45.1 Å². The smallest absolute Gasteiger partial charge is 0.224 e. The van der Waals surface area contributed by atoms with Crippen LogP contribution in [0.3, 0.4) is 0 Å². The Morgan fingerprint density at radius 3 is 2.93 bits per heavy atom. The molecule has 0 aliphatic heterocycles. The second kappa shape index (κ2) is 5.51. The monoisotopic (exact) mass is 277 g/mol. The number of hydrogen-bond acceptors (Lipinski definition) is 3. The Balaban J connectivity index is 2.53. The summed E-state index contributed by atoms with van der Waals surface area (Å²) in [6.07, 6.45) is 2.75. The zero-order valence-electron chi connectivity index (χ0n) is 8.22. The van der Waals surface area contributed by atoms with E-state index in [0.717, 1.165) is 23.3 Å². The highest BCUT2D eigenvalue weighted by atomic mass is 79.9. The Kier molecular flexibility index (Phi) is 4.62. The fourth-order valence-corrected chi connectivity index (χ4v) is 1.41. The summed E-state index contributed by atoms with van der Waals surface area (Å²) in [6, 6.07) is 0. The molecule has 0 saturated carbocycles. The standard InChI is InChI=1S/C9H13BrClN3/c1-6(2)3-4-12-8-7(10)5-13-9(11)14-8/h5-6H,3-4H2,1-2H3,(H,12,13,14). The van der Waals surface area contributed by atoms with Gasteiger partial charge in [-0.1, -0.05) is 13.8 Å². The normalized spacial score (nSPS) is 10.6. The maximum Gasteiger partial charge on any atom is 0.224 e. The Bertz CT molecular complexity index is 304. The van der Waals surface area contributed by atoms with E-state index in [4.69, 9.17) is 11.6 Å². The largest absolute Gasteiger partial charge is 0.369 e. The van der Waals surface area contributed by atoms with Gasteiger partial charge in [0.05, 0.1) is 4.47 Å². The number of hydrogen-bond donors (Lipinski definition) is 1. The molecule has 0 aromatic carbocycles. The van der Waals surface area contributed by atoms with Gasteiger partial charge in [-0.15, -0.1) is 0 Å². The van der Waals surface area contributed by atoms with Crippen molar-refractivity contribution < 1.29 is 0 Å². The van der Waals surface area contributed by atoms with Gasteiger partial charge >= 0.3 is 0 Å². The molecular weight excluding hydrogens is 265 g/mol. The van der Waals surface area contributed by atoms with Crippen molar-refractivity contribution in [1.29, 1.82) is 0 Å². The summed E-state index contributed by atoms with van der Waals surface area (Å²) >= 11 is 9.03. The van der Waals surface area contributed by atoms with E-state index < -0.39 is 0 Å². The molecule has 0 fully saturated rings. The Hall–Kier alpha value is -0.350. The number of nitrogens with zero attached hydrogens (tertiary/aromatic N) is 2. The second-order valence-corrected chi connectivity index (χ2v) is 4.64. The molecule has 1 heterocycles. The van der Waals surface area contributed by atoms with Crippen LogP contribution in [0.2, 0.25) is 5.28 Å². The molecule has 5 heteroatoms. The summed E-state index contributed by atoms with van der Waals surface area (Å²) in [6.45, 7) is 5.26. The molecule has 1 rings (SSSR count). The van der Waals surface area contributed by atoms with Crippen molar-refractivity contribution in [2.75, 3.05) is 11.9 Å². The van der Waals surface area contributed by atoms with Gasteiger partial charge in [-0.2, -0.15) is 4.98 Å². The molecule has 1 aromatic rings. The van der Waals surface area contributed by atoms with Gasteiger partial charge in [0.15, 0.2) is 0 Å². The summed E-state index contributed by atoms with van der Waals surface area (Å²) in [4.78, 5) is 7.92. The van der Waals surface area contributed by atoms with Crippen molar-refractivity contribution in [3.63, 3.8) is 0 Å². The third-order valence-corrected chi connectivity index (χ3v) is 2.49. The predicted octanol–water partition coefficient (Wildman–Crippen LogP) is 3.35. The quantitative estimate of drug-likeness (QED) is 0.858. The van der Waals surface area contributed by atoms with Crippen LogP contribution in [-0.4, -0.2) is 16.5 Å². The van der Waals surface area contributed by atoms with Gasteiger partial charge in [-0.3, -0.25) is 0 Å². The lowest BCUT2D eigenvalue weighted by Crippen LogP contribution is -2.07. The third-order valence-electron chi connectivity index (χ3n) is 1.73. The van der Waals surface area contributed by atoms with Gasteiger partial charge in [0, 0.05) is 12.7 Å². The number of anilines is 1. The minimum Gasteiger partial charge on any atom is -0.369 e. The molecule has 0 atom stereocenters. The van der Waals surface area contributed by atoms with Crippen molar-refractivity contribution in [2.45, 2.75) is 20.3 Å². The maximum absolute atomic E-state index is 5.68. The lowest BCUT2D eigenvalue weighted by Gasteiger charge is -2.08. The van der Waals surface area contributed by atoms with E-state index in [0.29, 0.717) is 5.92 Å². The topological polar surface area (TPSA) is 37.8 Å². The van der Waals surface area contributed by atoms with E-state index in [9.17, 15) is 0 Å². The Morgan fingerprint density at radius 1 is 1.57 bits per heavy atom. The van der Waals surface area contributed by atoms with Gasteiger partial charge in [0.25, 0.3) is 0 Å². The molecule has 0 bridgehead atoms. The number of rotatable bonds is 4. The zero-order chi connectivity index (χ0) is 10.6. The summed E-state index contributed by atoms with van der Waals surface area (Å²) in [5, 5.41) is 3.47. The van der Waals surface area contributed by atoms with Crippen molar-refractivity contribution in [3.05, 3.63) is 16.0 Å². The molecule has 0 spiro atoms. The van der Waals surface area contributed by atoms with Crippen molar-refractivity contribution in [3.8, 4) is 0 Å². The fraction of sp³-hybridized carbons (Fsp3) is 0.556. The first-order valence-corrected chi connectivity index (χ1v) is 5.68. The third kappa shape index (κ3) is 3.80. The van der Waals surface area contributed by atoms with Crippen LogP contribution in [0.5, 0.6) is 0 Å². The average Bonchev–Trinajstić information content (AvgIpc) is 2.10. The Labute approximate surface area is 97.4 Å². The minimum atomic E-state index is 0.264. The summed E-state index contributed by atoms with van der Waals surface area (Å²) in [7, 11) is 0. The number of halogens is 2. The highest BCUT2D eigenvalue weighted by molar-refractivity contribution is 9.10. The van der Waals surface area contributed by atoms with Crippen LogP contribution in [0, 0.1) is 5.92 Å². The molecule has 0 aliphatic carbocycles. The molecule has 3 nitrogen and oxygen atoms in total. The molecule has 0 amide bonds. The summed E-state index contributed by atoms with van der Waals surface area (Å²) in [5.74, 6) is 1.43. The lowest BCUT2D eigenvalue weighted by molar-refractivity contribution is 0.606. The fourth-order valence-electron chi connectivity index (χ4n) is 0.949. The number of nitrogens with one attached hydrogen (secondary N) is 1. The van der Waals surface area contributed by atoms with Crippen molar-refractivity contribution >= 4 is 33.3 Å². The van der Waals surface area contributed by atoms with E-state index in [1.165, 1.54) is 0 Å². The number of aromatic nitrogens is 2. The van der Waals surface area contributed by atoms with Crippen LogP contribution in [0.1, 0.15) is 20.3 Å². The van der Waals surface area contributed by atoms with Crippen molar-refractivity contribution in [1.82, 2.24) is 9.97 Å². The highest BCUT2D eigenvalue weighted by Gasteiger charge is 2.03. The zero-order valence-corrected chi connectivity index (χ0v) is 10.6. The molecule has 1 N–H and O–H groups in total. The SMILES string of the molecule is CC(C)CCNc1nc(Cl)ncc1Br. The summed E-state index contributed by atoms with van der Waals surface area (Å²) < 4.78 is 0.839. The molecule has 14 heavy (non-hydrogen) atoms. The Morgan fingerprint density at radius 2 is 2.29 bits per heavy atom.